The molecule has 1 atom stereocenters. The zero-order valence-corrected chi connectivity index (χ0v) is 13.1. The first-order valence-electron chi connectivity index (χ1n) is 7.39. The fraction of sp³-hybridized carbons (Fsp3) is 0.294. The Kier molecular flexibility index (Phi) is 3.71. The summed E-state index contributed by atoms with van der Waals surface area (Å²) in [4.78, 5) is 12.3. The summed E-state index contributed by atoms with van der Waals surface area (Å²) in [6.45, 7) is 4.55. The molecule has 5 heteroatoms. The predicted molar refractivity (Wildman–Crippen MR) is 87.7 cm³/mol. The van der Waals surface area contributed by atoms with Crippen molar-refractivity contribution in [3.63, 3.8) is 0 Å². The molecule has 1 aromatic carbocycles. The van der Waals surface area contributed by atoms with Crippen LogP contribution in [0.3, 0.4) is 0 Å². The summed E-state index contributed by atoms with van der Waals surface area (Å²) in [5, 5.41) is 8.26. The molecule has 0 bridgehead atoms. The second-order valence-corrected chi connectivity index (χ2v) is 5.74. The van der Waals surface area contributed by atoms with Crippen LogP contribution in [0.4, 0.5) is 5.69 Å². The van der Waals surface area contributed by atoms with Crippen LogP contribution >= 0.6 is 0 Å². The highest BCUT2D eigenvalue weighted by molar-refractivity contribution is 5.95. The molecule has 5 nitrogen and oxygen atoms in total. The van der Waals surface area contributed by atoms with E-state index in [4.69, 9.17) is 0 Å². The lowest BCUT2D eigenvalue weighted by Crippen LogP contribution is -2.24. The van der Waals surface area contributed by atoms with Crippen molar-refractivity contribution in [3.05, 3.63) is 48.4 Å². The SMILES string of the molecule is Cc1cc2cc(NC(=O)C(C)Cn3cccn3)ccc2n1C. The molecular formula is C17H20N4O. The molecular weight excluding hydrogens is 276 g/mol. The monoisotopic (exact) mass is 296 g/mol. The van der Waals surface area contributed by atoms with E-state index in [0.717, 1.165) is 11.1 Å². The van der Waals surface area contributed by atoms with Crippen molar-refractivity contribution in [1.29, 1.82) is 0 Å². The van der Waals surface area contributed by atoms with Gasteiger partial charge < -0.3 is 9.88 Å². The maximum atomic E-state index is 12.3. The molecule has 0 spiro atoms. The van der Waals surface area contributed by atoms with Gasteiger partial charge in [0.25, 0.3) is 0 Å². The lowest BCUT2D eigenvalue weighted by molar-refractivity contribution is -0.119. The molecule has 3 rings (SSSR count). The molecule has 2 heterocycles. The Bertz CT molecular complexity index is 802. The van der Waals surface area contributed by atoms with E-state index in [-0.39, 0.29) is 11.8 Å². The fourth-order valence-electron chi connectivity index (χ4n) is 2.60. The third kappa shape index (κ3) is 2.74. The summed E-state index contributed by atoms with van der Waals surface area (Å²) < 4.78 is 3.91. The third-order valence-electron chi connectivity index (χ3n) is 4.02. The Morgan fingerprint density at radius 3 is 2.91 bits per heavy atom. The minimum Gasteiger partial charge on any atom is -0.348 e. The Labute approximate surface area is 129 Å². The van der Waals surface area contributed by atoms with Crippen molar-refractivity contribution in [2.75, 3.05) is 5.32 Å². The highest BCUT2D eigenvalue weighted by Gasteiger charge is 2.14. The predicted octanol–water partition coefficient (Wildman–Crippen LogP) is 2.96. The Morgan fingerprint density at radius 2 is 2.18 bits per heavy atom. The topological polar surface area (TPSA) is 51.9 Å². The third-order valence-corrected chi connectivity index (χ3v) is 4.02. The van der Waals surface area contributed by atoms with Crippen molar-refractivity contribution in [3.8, 4) is 0 Å². The molecule has 1 unspecified atom stereocenters. The van der Waals surface area contributed by atoms with E-state index < -0.39 is 0 Å². The molecule has 1 N–H and O–H groups in total. The van der Waals surface area contributed by atoms with Crippen molar-refractivity contribution >= 4 is 22.5 Å². The number of anilines is 1. The maximum Gasteiger partial charge on any atom is 0.229 e. The van der Waals surface area contributed by atoms with Crippen LogP contribution in [0.5, 0.6) is 0 Å². The summed E-state index contributed by atoms with van der Waals surface area (Å²) in [6.07, 6.45) is 3.58. The Morgan fingerprint density at radius 1 is 1.36 bits per heavy atom. The van der Waals surface area contributed by atoms with Crippen LogP contribution in [0, 0.1) is 12.8 Å². The minimum absolute atomic E-state index is 0.00232. The summed E-state index contributed by atoms with van der Waals surface area (Å²) in [5.41, 5.74) is 3.20. The van der Waals surface area contributed by atoms with Gasteiger partial charge in [0.1, 0.15) is 0 Å². The van der Waals surface area contributed by atoms with Crippen LogP contribution in [-0.2, 0) is 18.4 Å². The number of fused-ring (bicyclic) bond motifs is 1. The highest BCUT2D eigenvalue weighted by atomic mass is 16.1. The minimum atomic E-state index is -0.145. The summed E-state index contributed by atoms with van der Waals surface area (Å²) >= 11 is 0. The van der Waals surface area contributed by atoms with E-state index in [2.05, 4.69) is 28.0 Å². The maximum absolute atomic E-state index is 12.3. The van der Waals surface area contributed by atoms with E-state index in [1.54, 1.807) is 10.9 Å². The number of rotatable bonds is 4. The van der Waals surface area contributed by atoms with Gasteiger partial charge in [0.2, 0.25) is 5.91 Å². The van der Waals surface area contributed by atoms with Gasteiger partial charge in [-0.05, 0) is 37.3 Å². The second kappa shape index (κ2) is 5.67. The van der Waals surface area contributed by atoms with Gasteiger partial charge in [-0.1, -0.05) is 6.92 Å². The lowest BCUT2D eigenvalue weighted by atomic mass is 10.1. The Balaban J connectivity index is 1.73. The van der Waals surface area contributed by atoms with E-state index in [9.17, 15) is 4.79 Å². The first-order valence-corrected chi connectivity index (χ1v) is 7.39. The van der Waals surface area contributed by atoms with E-state index in [0.29, 0.717) is 6.54 Å². The zero-order chi connectivity index (χ0) is 15.7. The number of nitrogens with zero attached hydrogens (tertiary/aromatic N) is 3. The van der Waals surface area contributed by atoms with Crippen molar-refractivity contribution < 1.29 is 4.79 Å². The van der Waals surface area contributed by atoms with E-state index >= 15 is 0 Å². The molecule has 0 fully saturated rings. The fourth-order valence-corrected chi connectivity index (χ4v) is 2.60. The van der Waals surface area contributed by atoms with E-state index in [1.165, 1.54) is 11.2 Å². The molecule has 0 radical (unpaired) electrons. The molecule has 0 aliphatic carbocycles. The van der Waals surface area contributed by atoms with Gasteiger partial charge in [0, 0.05) is 41.7 Å². The number of carbonyl (C=O) groups is 1. The zero-order valence-electron chi connectivity index (χ0n) is 13.1. The number of hydrogen-bond acceptors (Lipinski definition) is 2. The number of benzene rings is 1. The van der Waals surface area contributed by atoms with Crippen LogP contribution in [-0.4, -0.2) is 20.3 Å². The number of hydrogen-bond donors (Lipinski definition) is 1. The largest absolute Gasteiger partial charge is 0.348 e. The van der Waals surface area contributed by atoms with Crippen LogP contribution in [0.15, 0.2) is 42.7 Å². The summed E-state index contributed by atoms with van der Waals surface area (Å²) in [6, 6.07) is 9.98. The second-order valence-electron chi connectivity index (χ2n) is 5.74. The number of aryl methyl sites for hydroxylation is 2. The average Bonchev–Trinajstić information content (AvgIpc) is 3.08. The molecule has 114 valence electrons. The molecule has 0 saturated heterocycles. The standard InChI is InChI=1S/C17H20N4O/c1-12(11-21-8-4-7-18-21)17(22)19-15-5-6-16-14(10-15)9-13(2)20(16)3/h4-10,12H,11H2,1-3H3,(H,19,22). The molecule has 0 saturated carbocycles. The molecule has 3 aromatic rings. The molecule has 2 aromatic heterocycles. The quantitative estimate of drug-likeness (QED) is 0.804. The van der Waals surface area contributed by atoms with Gasteiger partial charge in [-0.25, -0.2) is 0 Å². The molecule has 0 aliphatic rings. The van der Waals surface area contributed by atoms with Crippen molar-refractivity contribution in [2.45, 2.75) is 20.4 Å². The highest BCUT2D eigenvalue weighted by Crippen LogP contribution is 2.22. The summed E-state index contributed by atoms with van der Waals surface area (Å²) in [5.74, 6) is -0.143. The van der Waals surface area contributed by atoms with Crippen LogP contribution in [0.2, 0.25) is 0 Å². The number of nitrogens with one attached hydrogen (secondary N) is 1. The van der Waals surface area contributed by atoms with Crippen molar-refractivity contribution in [1.82, 2.24) is 14.3 Å². The van der Waals surface area contributed by atoms with Gasteiger partial charge in [0.05, 0.1) is 12.5 Å². The average molecular weight is 296 g/mol. The van der Waals surface area contributed by atoms with Gasteiger partial charge in [0.15, 0.2) is 0 Å². The molecule has 1 amide bonds. The molecule has 22 heavy (non-hydrogen) atoms. The van der Waals surface area contributed by atoms with Crippen LogP contribution in [0.25, 0.3) is 10.9 Å². The van der Waals surface area contributed by atoms with Crippen LogP contribution in [0.1, 0.15) is 12.6 Å². The number of carbonyl (C=O) groups excluding carboxylic acids is 1. The lowest BCUT2D eigenvalue weighted by Gasteiger charge is -2.12. The van der Waals surface area contributed by atoms with Gasteiger partial charge in [-0.2, -0.15) is 5.10 Å². The Hall–Kier alpha value is -2.56. The number of amides is 1. The first kappa shape index (κ1) is 14.4. The molecule has 0 aliphatic heterocycles. The summed E-state index contributed by atoms with van der Waals surface area (Å²) in [7, 11) is 2.04. The normalized spacial score (nSPS) is 12.5. The van der Waals surface area contributed by atoms with Crippen molar-refractivity contribution in [2.24, 2.45) is 13.0 Å². The van der Waals surface area contributed by atoms with Gasteiger partial charge >= 0.3 is 0 Å². The van der Waals surface area contributed by atoms with E-state index in [1.807, 2.05) is 44.4 Å². The van der Waals surface area contributed by atoms with Gasteiger partial charge in [-0.3, -0.25) is 9.48 Å². The number of aromatic nitrogens is 3. The van der Waals surface area contributed by atoms with Crippen LogP contribution < -0.4 is 5.32 Å². The smallest absolute Gasteiger partial charge is 0.229 e. The first-order chi connectivity index (χ1) is 10.5. The van der Waals surface area contributed by atoms with Gasteiger partial charge in [-0.15, -0.1) is 0 Å².